The van der Waals surface area contributed by atoms with Crippen LogP contribution in [0.5, 0.6) is 0 Å². The summed E-state index contributed by atoms with van der Waals surface area (Å²) in [5.41, 5.74) is 2.55. The smallest absolute Gasteiger partial charge is 0.331 e. The summed E-state index contributed by atoms with van der Waals surface area (Å²) in [6, 6.07) is 5.57. The van der Waals surface area contributed by atoms with Crippen molar-refractivity contribution >= 4 is 11.8 Å². The number of carboxylic acids is 1. The SMILES string of the molecule is CC.CC/C(=C\C(=O)c1cc(C)ccc1C)C(=O)O. The molecule has 0 heterocycles. The molecule has 0 fully saturated rings. The van der Waals surface area contributed by atoms with Crippen LogP contribution in [0.3, 0.4) is 0 Å². The molecule has 0 unspecified atom stereocenters. The second kappa shape index (κ2) is 8.25. The standard InChI is InChI=1S/C14H16O3.C2H6/c1-4-11(14(16)17)8-13(15)12-7-9(2)5-6-10(12)3;1-2/h5-8H,4H2,1-3H3,(H,16,17);1-2H3/b11-8+;. The molecule has 1 aromatic rings. The molecule has 0 saturated heterocycles. The van der Waals surface area contributed by atoms with E-state index in [1.807, 2.05) is 39.8 Å². The van der Waals surface area contributed by atoms with Gasteiger partial charge in [-0.3, -0.25) is 4.79 Å². The maximum atomic E-state index is 12.0. The van der Waals surface area contributed by atoms with E-state index in [-0.39, 0.29) is 11.4 Å². The van der Waals surface area contributed by atoms with Crippen LogP contribution < -0.4 is 0 Å². The number of allylic oxidation sites excluding steroid dienone is 1. The first-order valence-electron chi connectivity index (χ1n) is 6.51. The first-order chi connectivity index (χ1) is 8.95. The Kier molecular flexibility index (Phi) is 7.42. The van der Waals surface area contributed by atoms with Gasteiger partial charge in [0.25, 0.3) is 0 Å². The molecule has 1 N–H and O–H groups in total. The zero-order chi connectivity index (χ0) is 15.0. The van der Waals surface area contributed by atoms with Crippen molar-refractivity contribution in [2.75, 3.05) is 0 Å². The first kappa shape index (κ1) is 17.1. The maximum Gasteiger partial charge on any atom is 0.331 e. The third-order valence-corrected chi connectivity index (χ3v) is 2.62. The van der Waals surface area contributed by atoms with Crippen molar-refractivity contribution < 1.29 is 14.7 Å². The van der Waals surface area contributed by atoms with E-state index in [4.69, 9.17) is 5.11 Å². The Bertz CT molecular complexity index is 485. The molecule has 3 heteroatoms. The number of carboxylic acid groups (broad SMARTS) is 1. The fourth-order valence-electron chi connectivity index (χ4n) is 1.55. The van der Waals surface area contributed by atoms with Crippen molar-refractivity contribution in [2.45, 2.75) is 41.0 Å². The number of ketones is 1. The highest BCUT2D eigenvalue weighted by Gasteiger charge is 2.11. The third-order valence-electron chi connectivity index (χ3n) is 2.62. The number of carbonyl (C=O) groups is 2. The van der Waals surface area contributed by atoms with Gasteiger partial charge in [0.15, 0.2) is 5.78 Å². The van der Waals surface area contributed by atoms with Gasteiger partial charge in [0.05, 0.1) is 0 Å². The topological polar surface area (TPSA) is 54.4 Å². The van der Waals surface area contributed by atoms with E-state index in [0.717, 1.165) is 11.1 Å². The van der Waals surface area contributed by atoms with Gasteiger partial charge < -0.3 is 5.11 Å². The van der Waals surface area contributed by atoms with Gasteiger partial charge in [0, 0.05) is 11.1 Å². The van der Waals surface area contributed by atoms with E-state index < -0.39 is 5.97 Å². The number of aryl methyl sites for hydroxylation is 2. The summed E-state index contributed by atoms with van der Waals surface area (Å²) in [4.78, 5) is 22.8. The van der Waals surface area contributed by atoms with Gasteiger partial charge in [0.1, 0.15) is 0 Å². The Morgan fingerprint density at radius 1 is 1.21 bits per heavy atom. The second-order valence-corrected chi connectivity index (χ2v) is 4.01. The Balaban J connectivity index is 0.00000154. The molecule has 0 saturated carbocycles. The normalized spacial score (nSPS) is 10.5. The molecule has 0 amide bonds. The summed E-state index contributed by atoms with van der Waals surface area (Å²) in [5, 5.41) is 8.87. The molecule has 0 aromatic heterocycles. The number of carbonyl (C=O) groups excluding carboxylic acids is 1. The summed E-state index contributed by atoms with van der Waals surface area (Å²) in [5.74, 6) is -1.28. The third kappa shape index (κ3) is 5.08. The lowest BCUT2D eigenvalue weighted by Crippen LogP contribution is -2.05. The largest absolute Gasteiger partial charge is 0.478 e. The fraction of sp³-hybridized carbons (Fsp3) is 0.375. The number of hydrogen-bond acceptors (Lipinski definition) is 2. The Morgan fingerprint density at radius 2 is 1.79 bits per heavy atom. The zero-order valence-corrected chi connectivity index (χ0v) is 12.3. The lowest BCUT2D eigenvalue weighted by molar-refractivity contribution is -0.132. The molecule has 0 spiro atoms. The summed E-state index contributed by atoms with van der Waals surface area (Å²) < 4.78 is 0. The Morgan fingerprint density at radius 3 is 2.26 bits per heavy atom. The highest BCUT2D eigenvalue weighted by atomic mass is 16.4. The highest BCUT2D eigenvalue weighted by molar-refractivity contribution is 6.09. The summed E-state index contributed by atoms with van der Waals surface area (Å²) >= 11 is 0. The van der Waals surface area contributed by atoms with Crippen molar-refractivity contribution in [3.05, 3.63) is 46.5 Å². The Labute approximate surface area is 115 Å². The zero-order valence-electron chi connectivity index (χ0n) is 12.3. The minimum Gasteiger partial charge on any atom is -0.478 e. The quantitative estimate of drug-likeness (QED) is 0.660. The van der Waals surface area contributed by atoms with Crippen LogP contribution >= 0.6 is 0 Å². The van der Waals surface area contributed by atoms with E-state index >= 15 is 0 Å². The van der Waals surface area contributed by atoms with Crippen molar-refractivity contribution in [1.82, 2.24) is 0 Å². The van der Waals surface area contributed by atoms with E-state index in [2.05, 4.69) is 0 Å². The molecule has 3 nitrogen and oxygen atoms in total. The number of hydrogen-bond donors (Lipinski definition) is 1. The molecule has 1 rings (SSSR count). The average molecular weight is 262 g/mol. The molecule has 0 aliphatic heterocycles. The lowest BCUT2D eigenvalue weighted by atomic mass is 10.00. The number of rotatable bonds is 4. The van der Waals surface area contributed by atoms with Crippen LogP contribution in [-0.4, -0.2) is 16.9 Å². The van der Waals surface area contributed by atoms with E-state index in [1.165, 1.54) is 6.08 Å². The van der Waals surface area contributed by atoms with Crippen molar-refractivity contribution in [1.29, 1.82) is 0 Å². The maximum absolute atomic E-state index is 12.0. The molecule has 1 aromatic carbocycles. The van der Waals surface area contributed by atoms with E-state index in [9.17, 15) is 9.59 Å². The predicted octanol–water partition coefficient (Wildman–Crippen LogP) is 3.93. The number of aliphatic carboxylic acids is 1. The van der Waals surface area contributed by atoms with Crippen LogP contribution in [0, 0.1) is 13.8 Å². The molecule has 0 aliphatic rings. The molecule has 0 aliphatic carbocycles. The monoisotopic (exact) mass is 262 g/mol. The van der Waals surface area contributed by atoms with Crippen LogP contribution in [0.1, 0.15) is 48.7 Å². The first-order valence-corrected chi connectivity index (χ1v) is 6.51. The molecule has 104 valence electrons. The van der Waals surface area contributed by atoms with Gasteiger partial charge >= 0.3 is 5.97 Å². The average Bonchev–Trinajstić information content (AvgIpc) is 2.40. The molecule has 19 heavy (non-hydrogen) atoms. The molecule has 0 radical (unpaired) electrons. The van der Waals surface area contributed by atoms with Crippen molar-refractivity contribution in [3.8, 4) is 0 Å². The van der Waals surface area contributed by atoms with E-state index in [0.29, 0.717) is 12.0 Å². The summed E-state index contributed by atoms with van der Waals surface area (Å²) in [6.45, 7) is 9.46. The molecular weight excluding hydrogens is 240 g/mol. The molecular formula is C16H22O3. The van der Waals surface area contributed by atoms with Gasteiger partial charge in [-0.25, -0.2) is 4.79 Å². The van der Waals surface area contributed by atoms with Crippen LogP contribution in [0.2, 0.25) is 0 Å². The predicted molar refractivity (Wildman–Crippen MR) is 77.6 cm³/mol. The minimum absolute atomic E-state index is 0.135. The van der Waals surface area contributed by atoms with Crippen LogP contribution in [0.25, 0.3) is 0 Å². The number of benzene rings is 1. The van der Waals surface area contributed by atoms with Crippen molar-refractivity contribution in [3.63, 3.8) is 0 Å². The highest BCUT2D eigenvalue weighted by Crippen LogP contribution is 2.13. The lowest BCUT2D eigenvalue weighted by Gasteiger charge is -2.04. The van der Waals surface area contributed by atoms with Gasteiger partial charge in [-0.2, -0.15) is 0 Å². The fourth-order valence-corrected chi connectivity index (χ4v) is 1.55. The van der Waals surface area contributed by atoms with Crippen LogP contribution in [-0.2, 0) is 4.79 Å². The summed E-state index contributed by atoms with van der Waals surface area (Å²) in [6.07, 6.45) is 1.55. The van der Waals surface area contributed by atoms with Gasteiger partial charge in [-0.15, -0.1) is 0 Å². The van der Waals surface area contributed by atoms with Gasteiger partial charge in [-0.05, 0) is 38.0 Å². The van der Waals surface area contributed by atoms with Crippen molar-refractivity contribution in [2.24, 2.45) is 0 Å². The van der Waals surface area contributed by atoms with Crippen LogP contribution in [0.15, 0.2) is 29.8 Å². The van der Waals surface area contributed by atoms with Gasteiger partial charge in [0.2, 0.25) is 0 Å². The Hall–Kier alpha value is -1.90. The molecule has 0 atom stereocenters. The second-order valence-electron chi connectivity index (χ2n) is 4.01. The minimum atomic E-state index is -1.04. The van der Waals surface area contributed by atoms with Gasteiger partial charge in [-0.1, -0.05) is 38.5 Å². The molecule has 0 bridgehead atoms. The summed E-state index contributed by atoms with van der Waals surface area (Å²) in [7, 11) is 0. The van der Waals surface area contributed by atoms with E-state index in [1.54, 1.807) is 13.0 Å². The van der Waals surface area contributed by atoms with Crippen LogP contribution in [0.4, 0.5) is 0 Å².